The first-order valence-electron chi connectivity index (χ1n) is 6.76. The van der Waals surface area contributed by atoms with Gasteiger partial charge in [-0.2, -0.15) is 11.8 Å². The molecule has 1 atom stereocenters. The van der Waals surface area contributed by atoms with Crippen LogP contribution in [0.1, 0.15) is 51.4 Å². The summed E-state index contributed by atoms with van der Waals surface area (Å²) >= 11 is 2.13. The summed E-state index contributed by atoms with van der Waals surface area (Å²) in [6, 6.07) is 0.826. The zero-order valence-electron chi connectivity index (χ0n) is 9.84. The zero-order chi connectivity index (χ0) is 10.3. The third-order valence-corrected chi connectivity index (χ3v) is 5.05. The summed E-state index contributed by atoms with van der Waals surface area (Å²) in [5.41, 5.74) is 0. The van der Waals surface area contributed by atoms with Gasteiger partial charge in [-0.15, -0.1) is 0 Å². The Bertz CT molecular complexity index is 158. The third kappa shape index (κ3) is 4.36. The Kier molecular flexibility index (Phi) is 5.34. The molecule has 0 bridgehead atoms. The fraction of sp³-hybridized carbons (Fsp3) is 1.00. The molecule has 15 heavy (non-hydrogen) atoms. The van der Waals surface area contributed by atoms with Crippen molar-refractivity contribution in [2.45, 2.75) is 57.4 Å². The monoisotopic (exact) mass is 227 g/mol. The van der Waals surface area contributed by atoms with Crippen LogP contribution >= 0.6 is 11.8 Å². The lowest BCUT2D eigenvalue weighted by Gasteiger charge is -2.25. The molecule has 1 nitrogen and oxygen atoms in total. The summed E-state index contributed by atoms with van der Waals surface area (Å²) in [5, 5.41) is 3.80. The Morgan fingerprint density at radius 3 is 2.40 bits per heavy atom. The third-order valence-electron chi connectivity index (χ3n) is 3.83. The van der Waals surface area contributed by atoms with Crippen LogP contribution in [0, 0.1) is 5.92 Å². The van der Waals surface area contributed by atoms with Crippen LogP contribution in [0.15, 0.2) is 0 Å². The van der Waals surface area contributed by atoms with Gasteiger partial charge in [0.25, 0.3) is 0 Å². The molecule has 2 heteroatoms. The number of hydrogen-bond acceptors (Lipinski definition) is 2. The van der Waals surface area contributed by atoms with Crippen molar-refractivity contribution in [3.8, 4) is 0 Å². The van der Waals surface area contributed by atoms with E-state index in [1.54, 1.807) is 0 Å². The van der Waals surface area contributed by atoms with E-state index in [1.807, 2.05) is 0 Å². The maximum absolute atomic E-state index is 3.80. The van der Waals surface area contributed by atoms with Gasteiger partial charge in [0.1, 0.15) is 0 Å². The van der Waals surface area contributed by atoms with Gasteiger partial charge in [-0.1, -0.05) is 25.7 Å². The average molecular weight is 227 g/mol. The molecule has 0 spiro atoms. The van der Waals surface area contributed by atoms with Crippen LogP contribution in [-0.2, 0) is 0 Å². The highest BCUT2D eigenvalue weighted by atomic mass is 32.2. The van der Waals surface area contributed by atoms with Crippen LogP contribution in [0.5, 0.6) is 0 Å². The Morgan fingerprint density at radius 1 is 0.933 bits per heavy atom. The predicted octanol–water partition coefficient (Wildman–Crippen LogP) is 3.44. The fourth-order valence-electron chi connectivity index (χ4n) is 2.80. The van der Waals surface area contributed by atoms with Gasteiger partial charge < -0.3 is 5.32 Å². The Hall–Kier alpha value is 0.310. The first kappa shape index (κ1) is 11.8. The van der Waals surface area contributed by atoms with E-state index >= 15 is 0 Å². The van der Waals surface area contributed by atoms with Gasteiger partial charge in [0.05, 0.1) is 0 Å². The lowest BCUT2D eigenvalue weighted by atomic mass is 10.00. The van der Waals surface area contributed by atoms with Gasteiger partial charge in [-0.3, -0.25) is 0 Å². The first-order chi connectivity index (χ1) is 7.45. The highest BCUT2D eigenvalue weighted by Crippen LogP contribution is 2.23. The van der Waals surface area contributed by atoms with Crippen LogP contribution in [0.2, 0.25) is 0 Å². The molecule has 0 aromatic carbocycles. The van der Waals surface area contributed by atoms with E-state index in [9.17, 15) is 0 Å². The van der Waals surface area contributed by atoms with Crippen LogP contribution in [-0.4, -0.2) is 24.1 Å². The summed E-state index contributed by atoms with van der Waals surface area (Å²) in [6.07, 6.45) is 11.7. The molecular formula is C13H25NS. The van der Waals surface area contributed by atoms with Crippen molar-refractivity contribution < 1.29 is 0 Å². The van der Waals surface area contributed by atoms with Crippen LogP contribution in [0.4, 0.5) is 0 Å². The van der Waals surface area contributed by atoms with Crippen LogP contribution in [0.25, 0.3) is 0 Å². The molecule has 1 aliphatic heterocycles. The molecular weight excluding hydrogens is 202 g/mol. The first-order valence-corrected chi connectivity index (χ1v) is 7.92. The fourth-order valence-corrected chi connectivity index (χ4v) is 3.91. The number of rotatable bonds is 3. The topological polar surface area (TPSA) is 12.0 Å². The summed E-state index contributed by atoms with van der Waals surface area (Å²) < 4.78 is 0. The van der Waals surface area contributed by atoms with Gasteiger partial charge >= 0.3 is 0 Å². The SMILES string of the molecule is C1CCCC(CNC2CCCSC2)CC1. The molecule has 1 saturated carbocycles. The molecule has 0 aromatic heterocycles. The Morgan fingerprint density at radius 2 is 1.73 bits per heavy atom. The minimum atomic E-state index is 0.826. The molecule has 88 valence electrons. The van der Waals surface area contributed by atoms with Crippen LogP contribution < -0.4 is 5.32 Å². The quantitative estimate of drug-likeness (QED) is 0.741. The Balaban J connectivity index is 1.62. The van der Waals surface area contributed by atoms with Crippen molar-refractivity contribution in [2.75, 3.05) is 18.1 Å². The minimum absolute atomic E-state index is 0.826. The van der Waals surface area contributed by atoms with E-state index in [2.05, 4.69) is 17.1 Å². The van der Waals surface area contributed by atoms with Crippen molar-refractivity contribution in [1.29, 1.82) is 0 Å². The summed E-state index contributed by atoms with van der Waals surface area (Å²) in [7, 11) is 0. The van der Waals surface area contributed by atoms with Crippen molar-refractivity contribution in [3.63, 3.8) is 0 Å². The number of hydrogen-bond donors (Lipinski definition) is 1. The lowest BCUT2D eigenvalue weighted by Crippen LogP contribution is -2.37. The molecule has 1 saturated heterocycles. The number of nitrogens with one attached hydrogen (secondary N) is 1. The molecule has 1 heterocycles. The Labute approximate surface area is 98.8 Å². The molecule has 0 amide bonds. The van der Waals surface area contributed by atoms with E-state index in [-0.39, 0.29) is 0 Å². The van der Waals surface area contributed by atoms with E-state index in [0.29, 0.717) is 0 Å². The molecule has 0 aromatic rings. The highest BCUT2D eigenvalue weighted by molar-refractivity contribution is 7.99. The van der Waals surface area contributed by atoms with E-state index in [4.69, 9.17) is 0 Å². The second-order valence-electron chi connectivity index (χ2n) is 5.18. The van der Waals surface area contributed by atoms with Gasteiger partial charge in [0, 0.05) is 11.8 Å². The van der Waals surface area contributed by atoms with Gasteiger partial charge in [0.2, 0.25) is 0 Å². The summed E-state index contributed by atoms with van der Waals surface area (Å²) in [5.74, 6) is 3.73. The summed E-state index contributed by atoms with van der Waals surface area (Å²) in [6.45, 7) is 1.30. The van der Waals surface area contributed by atoms with E-state index < -0.39 is 0 Å². The summed E-state index contributed by atoms with van der Waals surface area (Å²) in [4.78, 5) is 0. The lowest BCUT2D eigenvalue weighted by molar-refractivity contribution is 0.390. The maximum atomic E-state index is 3.80. The largest absolute Gasteiger partial charge is 0.313 e. The maximum Gasteiger partial charge on any atom is 0.0158 e. The van der Waals surface area contributed by atoms with Gasteiger partial charge in [-0.25, -0.2) is 0 Å². The van der Waals surface area contributed by atoms with Gasteiger partial charge in [-0.05, 0) is 43.9 Å². The van der Waals surface area contributed by atoms with Crippen molar-refractivity contribution in [3.05, 3.63) is 0 Å². The molecule has 1 unspecified atom stereocenters. The van der Waals surface area contributed by atoms with Crippen molar-refractivity contribution in [1.82, 2.24) is 5.32 Å². The van der Waals surface area contributed by atoms with Crippen molar-refractivity contribution >= 4 is 11.8 Å². The van der Waals surface area contributed by atoms with Gasteiger partial charge in [0.15, 0.2) is 0 Å². The molecule has 1 aliphatic carbocycles. The smallest absolute Gasteiger partial charge is 0.0158 e. The van der Waals surface area contributed by atoms with E-state index in [1.165, 1.54) is 69.4 Å². The second kappa shape index (κ2) is 6.80. The molecule has 2 aliphatic rings. The minimum Gasteiger partial charge on any atom is -0.313 e. The molecule has 2 fully saturated rings. The van der Waals surface area contributed by atoms with Crippen LogP contribution in [0.3, 0.4) is 0 Å². The highest BCUT2D eigenvalue weighted by Gasteiger charge is 2.16. The standard InChI is InChI=1S/C13H25NS/c1-2-4-7-12(6-3-1)10-14-13-8-5-9-15-11-13/h12-14H,1-11H2. The molecule has 0 radical (unpaired) electrons. The average Bonchev–Trinajstić information content (AvgIpc) is 2.56. The molecule has 2 rings (SSSR count). The second-order valence-corrected chi connectivity index (χ2v) is 6.33. The van der Waals surface area contributed by atoms with E-state index in [0.717, 1.165) is 12.0 Å². The predicted molar refractivity (Wildman–Crippen MR) is 69.5 cm³/mol. The number of thioether (sulfide) groups is 1. The van der Waals surface area contributed by atoms with Crippen molar-refractivity contribution in [2.24, 2.45) is 5.92 Å². The zero-order valence-corrected chi connectivity index (χ0v) is 10.7. The molecule has 1 N–H and O–H groups in total. The normalized spacial score (nSPS) is 30.0.